The third-order valence-electron chi connectivity index (χ3n) is 8.93. The number of hydrogen-bond donors (Lipinski definition) is 1. The zero-order valence-electron chi connectivity index (χ0n) is 20.3. The molecule has 6 heteroatoms. The van der Waals surface area contributed by atoms with Gasteiger partial charge in [0.25, 0.3) is 5.91 Å². The summed E-state index contributed by atoms with van der Waals surface area (Å²) in [5.74, 6) is 4.67. The average molecular weight is 542 g/mol. The van der Waals surface area contributed by atoms with Gasteiger partial charge in [-0.1, -0.05) is 53.0 Å². The van der Waals surface area contributed by atoms with Gasteiger partial charge in [-0.15, -0.1) is 0 Å². The molecule has 3 nitrogen and oxygen atoms in total. The summed E-state index contributed by atoms with van der Waals surface area (Å²) in [6.07, 6.45) is 10.0. The molecule has 1 aliphatic heterocycles. The van der Waals surface area contributed by atoms with Gasteiger partial charge in [0.15, 0.2) is 0 Å². The summed E-state index contributed by atoms with van der Waals surface area (Å²) in [5.41, 5.74) is 3.97. The Labute approximate surface area is 228 Å². The smallest absolute Gasteiger partial charge is 0.266 e. The van der Waals surface area contributed by atoms with Crippen LogP contribution in [-0.2, 0) is 4.79 Å². The summed E-state index contributed by atoms with van der Waals surface area (Å²) in [4.78, 5) is 17.9. The van der Waals surface area contributed by atoms with Crippen LogP contribution in [0.2, 0.25) is 15.1 Å². The number of carbonyl (C=O) groups excluding carboxylic acids is 1. The monoisotopic (exact) mass is 540 g/mol. The van der Waals surface area contributed by atoms with Crippen molar-refractivity contribution < 1.29 is 4.79 Å². The number of allylic oxidation sites excluding steroid dienone is 1. The molecule has 0 spiro atoms. The van der Waals surface area contributed by atoms with E-state index in [0.29, 0.717) is 33.7 Å². The van der Waals surface area contributed by atoms with Crippen LogP contribution in [0.4, 0.5) is 0 Å². The first-order valence-corrected chi connectivity index (χ1v) is 14.4. The lowest BCUT2D eigenvalue weighted by atomic mass is 9.51. The minimum atomic E-state index is -0.0911. The molecule has 4 bridgehead atoms. The van der Waals surface area contributed by atoms with Crippen LogP contribution >= 0.6 is 34.8 Å². The van der Waals surface area contributed by atoms with Crippen molar-refractivity contribution in [2.24, 2.45) is 34.6 Å². The number of halogens is 3. The molecule has 1 amide bonds. The second-order valence-electron chi connectivity index (χ2n) is 11.2. The van der Waals surface area contributed by atoms with Crippen LogP contribution in [0, 0.1) is 29.6 Å². The molecule has 7 rings (SSSR count). The molecular weight excluding hydrogens is 511 g/mol. The minimum absolute atomic E-state index is 0.0911. The molecule has 0 saturated heterocycles. The highest BCUT2D eigenvalue weighted by atomic mass is 35.5. The van der Waals surface area contributed by atoms with Crippen LogP contribution in [-0.4, -0.2) is 18.2 Å². The summed E-state index contributed by atoms with van der Waals surface area (Å²) < 4.78 is 0. The van der Waals surface area contributed by atoms with Gasteiger partial charge in [0, 0.05) is 33.6 Å². The lowest BCUT2D eigenvalue weighted by Crippen LogP contribution is -2.45. The predicted molar refractivity (Wildman–Crippen MR) is 150 cm³/mol. The Morgan fingerprint density at radius 3 is 2.22 bits per heavy atom. The average Bonchev–Trinajstić information content (AvgIpc) is 3.28. The molecule has 1 heterocycles. The maximum absolute atomic E-state index is 13.1. The third kappa shape index (κ3) is 4.87. The lowest BCUT2D eigenvalue weighted by Gasteiger charge is -2.54. The van der Waals surface area contributed by atoms with E-state index in [0.717, 1.165) is 58.4 Å². The molecular formula is C30H31Cl3N2O. The topological polar surface area (TPSA) is 41.5 Å². The first-order valence-electron chi connectivity index (χ1n) is 13.2. The summed E-state index contributed by atoms with van der Waals surface area (Å²) in [6.45, 7) is 0.702. The van der Waals surface area contributed by atoms with Gasteiger partial charge in [-0.05, 0) is 110 Å². The van der Waals surface area contributed by atoms with E-state index in [-0.39, 0.29) is 5.91 Å². The molecule has 0 aromatic heterocycles. The molecule has 188 valence electrons. The SMILES string of the molecule is O=C(NCCCC1C2CC3CC(C2)CC1C3)C1=NC(c2ccc(Cl)cc2)=C(c2ccc(Cl)cc2Cl)C1. The zero-order valence-corrected chi connectivity index (χ0v) is 22.5. The summed E-state index contributed by atoms with van der Waals surface area (Å²) in [7, 11) is 0. The van der Waals surface area contributed by atoms with Crippen LogP contribution in [0.1, 0.15) is 62.5 Å². The highest BCUT2D eigenvalue weighted by Crippen LogP contribution is 2.57. The van der Waals surface area contributed by atoms with Crippen LogP contribution in [0.5, 0.6) is 0 Å². The number of aliphatic imine (C=N–C) groups is 1. The molecule has 4 fully saturated rings. The molecule has 0 atom stereocenters. The molecule has 2 aromatic rings. The fourth-order valence-electron chi connectivity index (χ4n) is 7.58. The number of nitrogens with one attached hydrogen (secondary N) is 1. The maximum Gasteiger partial charge on any atom is 0.266 e. The van der Waals surface area contributed by atoms with Gasteiger partial charge < -0.3 is 5.32 Å². The van der Waals surface area contributed by atoms with E-state index < -0.39 is 0 Å². The molecule has 36 heavy (non-hydrogen) atoms. The lowest BCUT2D eigenvalue weighted by molar-refractivity contribution is -0.114. The van der Waals surface area contributed by atoms with E-state index in [4.69, 9.17) is 39.8 Å². The Morgan fingerprint density at radius 1 is 0.889 bits per heavy atom. The van der Waals surface area contributed by atoms with E-state index in [1.165, 1.54) is 38.5 Å². The Morgan fingerprint density at radius 2 is 1.56 bits per heavy atom. The van der Waals surface area contributed by atoms with Gasteiger partial charge in [-0.3, -0.25) is 4.79 Å². The summed E-state index contributed by atoms with van der Waals surface area (Å²) >= 11 is 18.8. The van der Waals surface area contributed by atoms with Gasteiger partial charge in [-0.25, -0.2) is 4.99 Å². The highest BCUT2D eigenvalue weighted by molar-refractivity contribution is 6.44. The largest absolute Gasteiger partial charge is 0.351 e. The van der Waals surface area contributed by atoms with E-state index >= 15 is 0 Å². The fraction of sp³-hybridized carbons (Fsp3) is 0.467. The molecule has 5 aliphatic rings. The van der Waals surface area contributed by atoms with Gasteiger partial charge in [0.1, 0.15) is 5.71 Å². The Balaban J connectivity index is 1.12. The van der Waals surface area contributed by atoms with Crippen molar-refractivity contribution in [3.05, 3.63) is 68.7 Å². The number of benzene rings is 2. The predicted octanol–water partition coefficient (Wildman–Crippen LogP) is 8.33. The van der Waals surface area contributed by atoms with Gasteiger partial charge in [0.2, 0.25) is 0 Å². The normalized spacial score (nSPS) is 28.5. The fourth-order valence-corrected chi connectivity index (χ4v) is 8.23. The minimum Gasteiger partial charge on any atom is -0.351 e. The van der Waals surface area contributed by atoms with Crippen LogP contribution in [0.15, 0.2) is 47.5 Å². The number of amides is 1. The molecule has 1 N–H and O–H groups in total. The van der Waals surface area contributed by atoms with Crippen molar-refractivity contribution in [3.8, 4) is 0 Å². The van der Waals surface area contributed by atoms with Crippen molar-refractivity contribution in [1.82, 2.24) is 5.32 Å². The molecule has 2 aromatic carbocycles. The molecule has 0 radical (unpaired) electrons. The van der Waals surface area contributed by atoms with Crippen molar-refractivity contribution in [3.63, 3.8) is 0 Å². The Bertz CT molecular complexity index is 1210. The van der Waals surface area contributed by atoms with E-state index in [9.17, 15) is 4.79 Å². The summed E-state index contributed by atoms with van der Waals surface area (Å²) in [5, 5.41) is 4.94. The third-order valence-corrected chi connectivity index (χ3v) is 9.73. The number of hydrogen-bond acceptors (Lipinski definition) is 2. The Kier molecular flexibility index (Phi) is 6.92. The van der Waals surface area contributed by atoms with Crippen molar-refractivity contribution >= 4 is 57.7 Å². The van der Waals surface area contributed by atoms with Crippen molar-refractivity contribution in [2.45, 2.75) is 51.4 Å². The number of nitrogens with zero attached hydrogens (tertiary/aromatic N) is 1. The van der Waals surface area contributed by atoms with E-state index in [1.807, 2.05) is 36.4 Å². The van der Waals surface area contributed by atoms with Crippen LogP contribution in [0.25, 0.3) is 11.3 Å². The maximum atomic E-state index is 13.1. The quantitative estimate of drug-likeness (QED) is 0.352. The second-order valence-corrected chi connectivity index (χ2v) is 12.5. The molecule has 4 aliphatic carbocycles. The van der Waals surface area contributed by atoms with Gasteiger partial charge in [0.05, 0.1) is 5.70 Å². The van der Waals surface area contributed by atoms with Crippen molar-refractivity contribution in [2.75, 3.05) is 6.54 Å². The molecule has 0 unspecified atom stereocenters. The first-order chi connectivity index (χ1) is 17.4. The standard InChI is InChI=1S/C30H31Cl3N2O/c31-22-5-3-19(4-6-22)29-26(25-8-7-23(32)15-27(25)33)16-28(35-29)30(36)34-9-1-2-24-20-11-17-10-18(13-20)14-21(24)12-17/h3-8,15,17-18,20-21,24H,1-2,9-14,16H2,(H,34,36). The highest BCUT2D eigenvalue weighted by Gasteiger charge is 2.47. The van der Waals surface area contributed by atoms with Crippen LogP contribution in [0.3, 0.4) is 0 Å². The number of carbonyl (C=O) groups is 1. The van der Waals surface area contributed by atoms with E-state index in [1.54, 1.807) is 6.07 Å². The first kappa shape index (κ1) is 24.5. The molecule has 4 saturated carbocycles. The second kappa shape index (κ2) is 10.2. The van der Waals surface area contributed by atoms with Crippen LogP contribution < -0.4 is 5.32 Å². The Hall–Kier alpha value is -1.81. The summed E-state index contributed by atoms with van der Waals surface area (Å²) in [6, 6.07) is 13.0. The number of rotatable bonds is 7. The zero-order chi connectivity index (χ0) is 24.8. The van der Waals surface area contributed by atoms with Gasteiger partial charge in [-0.2, -0.15) is 0 Å². The van der Waals surface area contributed by atoms with Gasteiger partial charge >= 0.3 is 0 Å². The van der Waals surface area contributed by atoms with E-state index in [2.05, 4.69) is 5.32 Å². The van der Waals surface area contributed by atoms with Crippen molar-refractivity contribution in [1.29, 1.82) is 0 Å².